The highest BCUT2D eigenvalue weighted by Crippen LogP contribution is 2.29. The Morgan fingerprint density at radius 2 is 1.87 bits per heavy atom. The minimum atomic E-state index is 0.0117. The van der Waals surface area contributed by atoms with E-state index in [2.05, 4.69) is 10.1 Å². The number of piperidine rings is 1. The molecule has 1 aromatic heterocycles. The lowest BCUT2D eigenvalue weighted by Crippen LogP contribution is -2.39. The van der Waals surface area contributed by atoms with Crippen LogP contribution in [-0.2, 0) is 0 Å². The first kappa shape index (κ1) is 19.9. The molecule has 1 saturated heterocycles. The van der Waals surface area contributed by atoms with Gasteiger partial charge in [-0.2, -0.15) is 4.98 Å². The molecule has 7 nitrogen and oxygen atoms in total. The van der Waals surface area contributed by atoms with Crippen molar-refractivity contribution in [1.29, 1.82) is 0 Å². The molecule has 0 radical (unpaired) electrons. The van der Waals surface area contributed by atoms with E-state index >= 15 is 0 Å². The zero-order chi connectivity index (χ0) is 20.9. The van der Waals surface area contributed by atoms with Crippen molar-refractivity contribution < 1.29 is 18.8 Å². The first-order valence-corrected chi connectivity index (χ1v) is 10.2. The second-order valence-electron chi connectivity index (χ2n) is 7.23. The molecule has 7 heteroatoms. The van der Waals surface area contributed by atoms with Crippen LogP contribution in [0.25, 0.3) is 11.4 Å². The van der Waals surface area contributed by atoms with Gasteiger partial charge < -0.3 is 18.9 Å². The Labute approximate surface area is 175 Å². The molecule has 3 aromatic rings. The number of carbonyl (C=O) groups is 1. The summed E-state index contributed by atoms with van der Waals surface area (Å²) in [4.78, 5) is 19.4. The van der Waals surface area contributed by atoms with Gasteiger partial charge in [0.15, 0.2) is 0 Å². The fourth-order valence-corrected chi connectivity index (χ4v) is 3.66. The maximum absolute atomic E-state index is 12.9. The number of hydrogen-bond acceptors (Lipinski definition) is 6. The minimum absolute atomic E-state index is 0.0117. The molecule has 0 aliphatic carbocycles. The maximum atomic E-state index is 12.9. The van der Waals surface area contributed by atoms with E-state index in [1.54, 1.807) is 7.11 Å². The van der Waals surface area contributed by atoms with E-state index in [9.17, 15) is 4.79 Å². The molecule has 4 rings (SSSR count). The van der Waals surface area contributed by atoms with Crippen molar-refractivity contribution in [2.75, 3.05) is 26.8 Å². The smallest absolute Gasteiger partial charge is 0.253 e. The van der Waals surface area contributed by atoms with Crippen LogP contribution in [0.2, 0.25) is 0 Å². The van der Waals surface area contributed by atoms with Crippen LogP contribution in [0.3, 0.4) is 0 Å². The molecule has 30 heavy (non-hydrogen) atoms. The van der Waals surface area contributed by atoms with Crippen LogP contribution in [-0.4, -0.2) is 47.8 Å². The number of hydrogen-bond donors (Lipinski definition) is 0. The predicted octanol–water partition coefficient (Wildman–Crippen LogP) is 4.16. The van der Waals surface area contributed by atoms with Gasteiger partial charge in [0, 0.05) is 24.2 Å². The third-order valence-electron chi connectivity index (χ3n) is 5.26. The number of carbonyl (C=O) groups excluding carboxylic acids is 1. The van der Waals surface area contributed by atoms with Gasteiger partial charge in [-0.25, -0.2) is 0 Å². The number of rotatable bonds is 6. The van der Waals surface area contributed by atoms with E-state index in [-0.39, 0.29) is 11.8 Å². The summed E-state index contributed by atoms with van der Waals surface area (Å²) < 4.78 is 16.2. The van der Waals surface area contributed by atoms with Gasteiger partial charge in [0.05, 0.1) is 19.6 Å². The van der Waals surface area contributed by atoms with Crippen LogP contribution >= 0.6 is 0 Å². The molecule has 0 unspecified atom stereocenters. The Kier molecular flexibility index (Phi) is 5.97. The molecule has 1 aliphatic heterocycles. The Balaban J connectivity index is 1.44. The van der Waals surface area contributed by atoms with E-state index in [4.69, 9.17) is 14.0 Å². The Morgan fingerprint density at radius 1 is 1.13 bits per heavy atom. The Morgan fingerprint density at radius 3 is 2.57 bits per heavy atom. The summed E-state index contributed by atoms with van der Waals surface area (Å²) in [6.45, 7) is 3.83. The Hall–Kier alpha value is -3.35. The van der Waals surface area contributed by atoms with Crippen molar-refractivity contribution in [1.82, 2.24) is 15.0 Å². The summed E-state index contributed by atoms with van der Waals surface area (Å²) in [5.41, 5.74) is 1.52. The normalized spacial score (nSPS) is 16.3. The molecular weight excluding hydrogens is 382 g/mol. The molecule has 0 saturated carbocycles. The number of benzene rings is 2. The van der Waals surface area contributed by atoms with Crippen LogP contribution < -0.4 is 9.47 Å². The highest BCUT2D eigenvalue weighted by molar-refractivity contribution is 5.94. The van der Waals surface area contributed by atoms with Gasteiger partial charge in [0.1, 0.15) is 11.5 Å². The van der Waals surface area contributed by atoms with Gasteiger partial charge in [-0.3, -0.25) is 4.79 Å². The van der Waals surface area contributed by atoms with Gasteiger partial charge in [-0.15, -0.1) is 0 Å². The minimum Gasteiger partial charge on any atom is -0.497 e. The highest BCUT2D eigenvalue weighted by atomic mass is 16.5. The molecule has 0 spiro atoms. The van der Waals surface area contributed by atoms with Gasteiger partial charge in [-0.05, 0) is 68.3 Å². The summed E-state index contributed by atoms with van der Waals surface area (Å²) in [7, 11) is 1.63. The number of methoxy groups -OCH3 is 1. The zero-order valence-corrected chi connectivity index (χ0v) is 17.2. The molecule has 1 aliphatic rings. The summed E-state index contributed by atoms with van der Waals surface area (Å²) in [6, 6.07) is 14.8. The van der Waals surface area contributed by atoms with E-state index in [0.29, 0.717) is 30.4 Å². The van der Waals surface area contributed by atoms with Crippen LogP contribution in [0.5, 0.6) is 11.5 Å². The average molecular weight is 407 g/mol. The lowest BCUT2D eigenvalue weighted by atomic mass is 9.97. The van der Waals surface area contributed by atoms with Crippen molar-refractivity contribution in [3.63, 3.8) is 0 Å². The predicted molar refractivity (Wildman–Crippen MR) is 112 cm³/mol. The van der Waals surface area contributed by atoms with Gasteiger partial charge in [0.2, 0.25) is 11.7 Å². The molecular formula is C23H25N3O4. The van der Waals surface area contributed by atoms with Gasteiger partial charge >= 0.3 is 0 Å². The molecule has 2 heterocycles. The largest absolute Gasteiger partial charge is 0.497 e. The second kappa shape index (κ2) is 8.98. The summed E-state index contributed by atoms with van der Waals surface area (Å²) in [5, 5.41) is 4.13. The van der Waals surface area contributed by atoms with Crippen LogP contribution in [0.15, 0.2) is 53.1 Å². The maximum Gasteiger partial charge on any atom is 0.253 e. The zero-order valence-electron chi connectivity index (χ0n) is 17.2. The summed E-state index contributed by atoms with van der Waals surface area (Å²) in [6.07, 6.45) is 1.81. The number of amides is 1. The summed E-state index contributed by atoms with van der Waals surface area (Å²) >= 11 is 0. The lowest BCUT2D eigenvalue weighted by molar-refractivity contribution is 0.0695. The fourth-order valence-electron chi connectivity index (χ4n) is 3.66. The number of nitrogens with zero attached hydrogens (tertiary/aromatic N) is 3. The number of likely N-dealkylation sites (tertiary alicyclic amines) is 1. The quantitative estimate of drug-likeness (QED) is 0.610. The third kappa shape index (κ3) is 4.30. The van der Waals surface area contributed by atoms with Gasteiger partial charge in [0.25, 0.3) is 5.91 Å². The van der Waals surface area contributed by atoms with Crippen LogP contribution in [0, 0.1) is 0 Å². The van der Waals surface area contributed by atoms with E-state index in [0.717, 1.165) is 36.4 Å². The first-order valence-electron chi connectivity index (χ1n) is 10.2. The number of ether oxygens (including phenoxy) is 2. The first-order chi connectivity index (χ1) is 14.7. The Bertz CT molecular complexity index is 982. The molecule has 1 atom stereocenters. The monoisotopic (exact) mass is 407 g/mol. The van der Waals surface area contributed by atoms with Crippen molar-refractivity contribution in [2.24, 2.45) is 0 Å². The van der Waals surface area contributed by atoms with E-state index in [1.165, 1.54) is 0 Å². The highest BCUT2D eigenvalue weighted by Gasteiger charge is 2.29. The topological polar surface area (TPSA) is 77.7 Å². The van der Waals surface area contributed by atoms with Crippen molar-refractivity contribution >= 4 is 5.91 Å². The molecule has 2 aromatic carbocycles. The SMILES string of the molecule is CCOc1ccc(C(=O)N2CCC[C@H](c3nc(-c4ccc(OC)cc4)no3)C2)cc1. The van der Waals surface area contributed by atoms with Crippen molar-refractivity contribution in [2.45, 2.75) is 25.7 Å². The third-order valence-corrected chi connectivity index (χ3v) is 5.26. The van der Waals surface area contributed by atoms with Crippen molar-refractivity contribution in [3.8, 4) is 22.9 Å². The molecule has 1 fully saturated rings. The molecule has 0 N–H and O–H groups in total. The molecule has 156 valence electrons. The average Bonchev–Trinajstić information content (AvgIpc) is 3.30. The lowest BCUT2D eigenvalue weighted by Gasteiger charge is -2.31. The van der Waals surface area contributed by atoms with E-state index in [1.807, 2.05) is 60.4 Å². The standard InChI is InChI=1S/C23H25N3O4/c1-3-29-20-12-8-17(9-13-20)23(27)26-14-4-5-18(15-26)22-24-21(25-30-22)16-6-10-19(28-2)11-7-16/h6-13,18H,3-5,14-15H2,1-2H3/t18-/m0/s1. The fraction of sp³-hybridized carbons (Fsp3) is 0.348. The molecule has 1 amide bonds. The van der Waals surface area contributed by atoms with Crippen LogP contribution in [0.1, 0.15) is 41.9 Å². The van der Waals surface area contributed by atoms with E-state index < -0.39 is 0 Å². The second-order valence-corrected chi connectivity index (χ2v) is 7.23. The summed E-state index contributed by atoms with van der Waals surface area (Å²) in [5.74, 6) is 2.70. The van der Waals surface area contributed by atoms with Crippen LogP contribution in [0.4, 0.5) is 0 Å². The number of aromatic nitrogens is 2. The molecule has 0 bridgehead atoms. The van der Waals surface area contributed by atoms with Gasteiger partial charge in [-0.1, -0.05) is 5.16 Å². The van der Waals surface area contributed by atoms with Crippen molar-refractivity contribution in [3.05, 3.63) is 60.0 Å².